The average molecular weight is 257 g/mol. The fourth-order valence-corrected chi connectivity index (χ4v) is 2.08. The van der Waals surface area contributed by atoms with E-state index in [1.807, 2.05) is 0 Å². The SMILES string of the molecule is C=CCN(C(O)CCCCC)C(O)CCCCC. The van der Waals surface area contributed by atoms with Crippen LogP contribution < -0.4 is 0 Å². The molecule has 2 atom stereocenters. The van der Waals surface area contributed by atoms with E-state index < -0.39 is 12.5 Å². The molecule has 0 aromatic rings. The Morgan fingerprint density at radius 3 is 1.72 bits per heavy atom. The zero-order chi connectivity index (χ0) is 13.8. The van der Waals surface area contributed by atoms with Crippen LogP contribution in [0.1, 0.15) is 65.2 Å². The van der Waals surface area contributed by atoms with Gasteiger partial charge in [-0.3, -0.25) is 0 Å². The summed E-state index contributed by atoms with van der Waals surface area (Å²) in [5.41, 5.74) is 0. The fraction of sp³-hybridized carbons (Fsp3) is 0.867. The normalized spacial score (nSPS) is 14.7. The molecule has 0 amide bonds. The van der Waals surface area contributed by atoms with Crippen molar-refractivity contribution in [3.8, 4) is 0 Å². The second-order valence-electron chi connectivity index (χ2n) is 4.94. The van der Waals surface area contributed by atoms with Crippen LogP contribution in [0.2, 0.25) is 0 Å². The van der Waals surface area contributed by atoms with Crippen molar-refractivity contribution in [1.82, 2.24) is 4.90 Å². The van der Waals surface area contributed by atoms with E-state index in [4.69, 9.17) is 0 Å². The molecule has 108 valence electrons. The molecule has 2 N–H and O–H groups in total. The summed E-state index contributed by atoms with van der Waals surface area (Å²) in [6, 6.07) is 0. The molecule has 2 unspecified atom stereocenters. The van der Waals surface area contributed by atoms with Crippen LogP contribution in [0.5, 0.6) is 0 Å². The van der Waals surface area contributed by atoms with Crippen molar-refractivity contribution < 1.29 is 10.2 Å². The third-order valence-electron chi connectivity index (χ3n) is 3.24. The van der Waals surface area contributed by atoms with Gasteiger partial charge < -0.3 is 10.2 Å². The molecule has 0 aliphatic rings. The van der Waals surface area contributed by atoms with E-state index in [2.05, 4.69) is 20.4 Å². The molecule has 3 nitrogen and oxygen atoms in total. The summed E-state index contributed by atoms with van der Waals surface area (Å²) in [6.45, 7) is 8.53. The Hall–Kier alpha value is -0.380. The van der Waals surface area contributed by atoms with Crippen LogP contribution in [-0.4, -0.2) is 34.1 Å². The number of rotatable bonds is 12. The number of aliphatic hydroxyl groups excluding tert-OH is 2. The van der Waals surface area contributed by atoms with Gasteiger partial charge in [0.1, 0.15) is 12.5 Å². The molecule has 0 aliphatic heterocycles. The zero-order valence-corrected chi connectivity index (χ0v) is 12.1. The lowest BCUT2D eigenvalue weighted by Crippen LogP contribution is -2.43. The van der Waals surface area contributed by atoms with Gasteiger partial charge in [-0.1, -0.05) is 45.6 Å². The lowest BCUT2D eigenvalue weighted by atomic mass is 10.1. The molecule has 0 aliphatic carbocycles. The Morgan fingerprint density at radius 2 is 1.39 bits per heavy atom. The Kier molecular flexibility index (Phi) is 11.4. The van der Waals surface area contributed by atoms with Crippen LogP contribution in [0.3, 0.4) is 0 Å². The van der Waals surface area contributed by atoms with Crippen LogP contribution in [0, 0.1) is 0 Å². The highest BCUT2D eigenvalue weighted by molar-refractivity contribution is 4.77. The highest BCUT2D eigenvalue weighted by atomic mass is 16.3. The molecule has 0 fully saturated rings. The van der Waals surface area contributed by atoms with Crippen LogP contribution in [0.15, 0.2) is 12.7 Å². The van der Waals surface area contributed by atoms with Gasteiger partial charge >= 0.3 is 0 Å². The second kappa shape index (κ2) is 11.7. The second-order valence-corrected chi connectivity index (χ2v) is 4.94. The molecular formula is C15H31NO2. The van der Waals surface area contributed by atoms with Gasteiger partial charge in [-0.2, -0.15) is 0 Å². The summed E-state index contributed by atoms with van der Waals surface area (Å²) in [7, 11) is 0. The number of hydrogen-bond donors (Lipinski definition) is 2. The summed E-state index contributed by atoms with van der Waals surface area (Å²) in [5, 5.41) is 20.2. The molecule has 0 saturated carbocycles. The molecule has 0 aromatic carbocycles. The first kappa shape index (κ1) is 17.6. The van der Waals surface area contributed by atoms with E-state index in [0.29, 0.717) is 6.54 Å². The summed E-state index contributed by atoms with van der Waals surface area (Å²) in [5.74, 6) is 0. The molecule has 0 saturated heterocycles. The van der Waals surface area contributed by atoms with Crippen molar-refractivity contribution in [3.05, 3.63) is 12.7 Å². The molecule has 18 heavy (non-hydrogen) atoms. The van der Waals surface area contributed by atoms with E-state index in [1.54, 1.807) is 11.0 Å². The molecule has 0 spiro atoms. The number of aliphatic hydroxyl groups is 2. The van der Waals surface area contributed by atoms with Gasteiger partial charge in [-0.15, -0.1) is 6.58 Å². The van der Waals surface area contributed by atoms with Gasteiger partial charge in [0, 0.05) is 6.54 Å². The minimum atomic E-state index is -0.550. The summed E-state index contributed by atoms with van der Waals surface area (Å²) in [6.07, 6.45) is 8.67. The molecule has 0 rings (SSSR count). The predicted octanol–water partition coefficient (Wildman–Crippen LogP) is 3.27. The van der Waals surface area contributed by atoms with Crippen LogP contribution in [0.4, 0.5) is 0 Å². The third-order valence-corrected chi connectivity index (χ3v) is 3.24. The van der Waals surface area contributed by atoms with Gasteiger partial charge in [-0.25, -0.2) is 4.90 Å². The summed E-state index contributed by atoms with van der Waals surface area (Å²) in [4.78, 5) is 1.75. The van der Waals surface area contributed by atoms with Gasteiger partial charge in [-0.05, 0) is 25.7 Å². The van der Waals surface area contributed by atoms with Crippen molar-refractivity contribution in [2.24, 2.45) is 0 Å². The Morgan fingerprint density at radius 1 is 0.944 bits per heavy atom. The van der Waals surface area contributed by atoms with E-state index >= 15 is 0 Å². The first-order valence-electron chi connectivity index (χ1n) is 7.40. The van der Waals surface area contributed by atoms with E-state index in [9.17, 15) is 10.2 Å². The minimum absolute atomic E-state index is 0.542. The zero-order valence-electron chi connectivity index (χ0n) is 12.1. The van der Waals surface area contributed by atoms with E-state index in [1.165, 1.54) is 0 Å². The molecule has 3 heteroatoms. The molecular weight excluding hydrogens is 226 g/mol. The Labute approximate surface area is 113 Å². The fourth-order valence-electron chi connectivity index (χ4n) is 2.08. The van der Waals surface area contributed by atoms with Crippen LogP contribution in [0.25, 0.3) is 0 Å². The maximum atomic E-state index is 10.1. The minimum Gasteiger partial charge on any atom is -0.378 e. The largest absolute Gasteiger partial charge is 0.378 e. The van der Waals surface area contributed by atoms with Gasteiger partial charge in [0.15, 0.2) is 0 Å². The predicted molar refractivity (Wildman–Crippen MR) is 77.2 cm³/mol. The Balaban J connectivity index is 4.11. The quantitative estimate of drug-likeness (QED) is 0.320. The highest BCUT2D eigenvalue weighted by Crippen LogP contribution is 2.14. The standard InChI is InChI=1S/C15H31NO2/c1-4-7-9-11-14(17)16(13-6-3)15(18)12-10-8-5-2/h6,14-15,17-18H,3-5,7-13H2,1-2H3. The van der Waals surface area contributed by atoms with E-state index in [0.717, 1.165) is 51.4 Å². The lowest BCUT2D eigenvalue weighted by molar-refractivity contribution is -0.102. The maximum Gasteiger partial charge on any atom is 0.109 e. The van der Waals surface area contributed by atoms with Crippen molar-refractivity contribution >= 4 is 0 Å². The first-order valence-corrected chi connectivity index (χ1v) is 7.40. The molecule has 0 bridgehead atoms. The first-order chi connectivity index (χ1) is 8.67. The van der Waals surface area contributed by atoms with Gasteiger partial charge in [0.25, 0.3) is 0 Å². The third kappa shape index (κ3) is 7.85. The topological polar surface area (TPSA) is 43.7 Å². The maximum absolute atomic E-state index is 10.1. The number of nitrogens with zero attached hydrogens (tertiary/aromatic N) is 1. The monoisotopic (exact) mass is 257 g/mol. The average Bonchev–Trinajstić information content (AvgIpc) is 2.36. The highest BCUT2D eigenvalue weighted by Gasteiger charge is 2.21. The smallest absolute Gasteiger partial charge is 0.109 e. The van der Waals surface area contributed by atoms with Gasteiger partial charge in [0.2, 0.25) is 0 Å². The van der Waals surface area contributed by atoms with Crippen LogP contribution >= 0.6 is 0 Å². The Bertz CT molecular complexity index is 181. The van der Waals surface area contributed by atoms with Crippen molar-refractivity contribution in [2.75, 3.05) is 6.54 Å². The summed E-state index contributed by atoms with van der Waals surface area (Å²) < 4.78 is 0. The molecule has 0 radical (unpaired) electrons. The van der Waals surface area contributed by atoms with Crippen LogP contribution in [-0.2, 0) is 0 Å². The number of hydrogen-bond acceptors (Lipinski definition) is 3. The molecule has 0 aromatic heterocycles. The van der Waals surface area contributed by atoms with Crippen molar-refractivity contribution in [3.63, 3.8) is 0 Å². The van der Waals surface area contributed by atoms with E-state index in [-0.39, 0.29) is 0 Å². The van der Waals surface area contributed by atoms with Crippen molar-refractivity contribution in [2.45, 2.75) is 77.7 Å². The summed E-state index contributed by atoms with van der Waals surface area (Å²) >= 11 is 0. The lowest BCUT2D eigenvalue weighted by Gasteiger charge is -2.31. The molecule has 0 heterocycles. The van der Waals surface area contributed by atoms with Gasteiger partial charge in [0.05, 0.1) is 0 Å². The number of unbranched alkanes of at least 4 members (excludes halogenated alkanes) is 4. The van der Waals surface area contributed by atoms with Crippen molar-refractivity contribution in [1.29, 1.82) is 0 Å².